The van der Waals surface area contributed by atoms with Crippen molar-refractivity contribution >= 4 is 39.6 Å². The van der Waals surface area contributed by atoms with Crippen LogP contribution in [0.4, 0.5) is 0 Å². The Bertz CT molecular complexity index is 681. The molecule has 2 bridgehead atoms. The number of nitrogens with one attached hydrogen (secondary N) is 1. The van der Waals surface area contributed by atoms with Gasteiger partial charge in [0.05, 0.1) is 5.75 Å². The van der Waals surface area contributed by atoms with E-state index >= 15 is 0 Å². The molecular weight excluding hydrogens is 414 g/mol. The lowest BCUT2D eigenvalue weighted by molar-refractivity contribution is -0.146. The van der Waals surface area contributed by atoms with Gasteiger partial charge < -0.3 is 10.1 Å². The number of carbonyl (C=O) groups excluding carboxylic acids is 2. The number of rotatable bonds is 7. The second kappa shape index (κ2) is 8.79. The summed E-state index contributed by atoms with van der Waals surface area (Å²) >= 11 is 4.86. The summed E-state index contributed by atoms with van der Waals surface area (Å²) in [6, 6.07) is 6.10. The summed E-state index contributed by atoms with van der Waals surface area (Å²) in [5.41, 5.74) is 1.11. The number of ether oxygens (including phenoxy) is 1. The molecule has 2 saturated carbocycles. The first-order valence-electron chi connectivity index (χ1n) is 9.26. The van der Waals surface area contributed by atoms with E-state index < -0.39 is 0 Å². The molecule has 3 rings (SSSR count). The summed E-state index contributed by atoms with van der Waals surface area (Å²) in [5, 5.41) is 3.02. The molecule has 1 N–H and O–H groups in total. The van der Waals surface area contributed by atoms with Gasteiger partial charge in [-0.2, -0.15) is 0 Å². The van der Waals surface area contributed by atoms with Gasteiger partial charge in [0.2, 0.25) is 0 Å². The van der Waals surface area contributed by atoms with Gasteiger partial charge in [-0.05, 0) is 74.6 Å². The molecule has 0 unspecified atom stereocenters. The molecule has 4 nitrogen and oxygen atoms in total. The maximum Gasteiger partial charge on any atom is 0.316 e. The average Bonchev–Trinajstić information content (AvgIpc) is 3.22. The maximum absolute atomic E-state index is 12.1. The Balaban J connectivity index is 1.36. The Labute approximate surface area is 168 Å². The van der Waals surface area contributed by atoms with Gasteiger partial charge in [0.15, 0.2) is 6.61 Å². The number of halogens is 1. The van der Waals surface area contributed by atoms with Crippen LogP contribution in [0.2, 0.25) is 0 Å². The van der Waals surface area contributed by atoms with Crippen LogP contribution in [-0.4, -0.2) is 30.3 Å². The quantitative estimate of drug-likeness (QED) is 0.507. The highest BCUT2D eigenvalue weighted by Crippen LogP contribution is 2.49. The summed E-state index contributed by atoms with van der Waals surface area (Å²) < 4.78 is 6.15. The molecule has 142 valence electrons. The smallest absolute Gasteiger partial charge is 0.316 e. The van der Waals surface area contributed by atoms with E-state index in [1.54, 1.807) is 0 Å². The molecule has 6 heteroatoms. The maximum atomic E-state index is 12.1. The van der Waals surface area contributed by atoms with Crippen LogP contribution in [0.15, 0.2) is 27.6 Å². The topological polar surface area (TPSA) is 55.4 Å². The van der Waals surface area contributed by atoms with Crippen molar-refractivity contribution in [3.8, 4) is 0 Å². The molecular formula is C20H26BrNO3S. The Morgan fingerprint density at radius 1 is 1.35 bits per heavy atom. The molecule has 1 aromatic rings. The predicted molar refractivity (Wildman–Crippen MR) is 107 cm³/mol. The lowest BCUT2D eigenvalue weighted by Crippen LogP contribution is -2.42. The van der Waals surface area contributed by atoms with Crippen molar-refractivity contribution in [1.82, 2.24) is 5.32 Å². The number of esters is 1. The third-order valence-electron chi connectivity index (χ3n) is 5.67. The molecule has 0 spiro atoms. The molecule has 4 atom stereocenters. The second-order valence-corrected chi connectivity index (χ2v) is 9.49. The summed E-state index contributed by atoms with van der Waals surface area (Å²) in [7, 11) is 0. The van der Waals surface area contributed by atoms with E-state index in [0.717, 1.165) is 26.8 Å². The molecule has 2 aliphatic carbocycles. The molecule has 0 radical (unpaired) electrons. The first-order valence-corrected chi connectivity index (χ1v) is 11.0. The number of thioether (sulfide) groups is 1. The van der Waals surface area contributed by atoms with E-state index in [1.807, 2.05) is 25.1 Å². The van der Waals surface area contributed by atoms with Crippen LogP contribution in [0.25, 0.3) is 0 Å². The number of aryl methyl sites for hydroxylation is 1. The Kier molecular flexibility index (Phi) is 6.67. The second-order valence-electron chi connectivity index (χ2n) is 7.55. The third-order valence-corrected chi connectivity index (χ3v) is 7.31. The first-order chi connectivity index (χ1) is 12.4. The highest BCUT2D eigenvalue weighted by molar-refractivity contribution is 9.10. The van der Waals surface area contributed by atoms with Crippen LogP contribution in [0.3, 0.4) is 0 Å². The van der Waals surface area contributed by atoms with Crippen molar-refractivity contribution < 1.29 is 14.3 Å². The molecule has 1 amide bonds. The molecule has 1 aromatic carbocycles. The van der Waals surface area contributed by atoms with Gasteiger partial charge in [0.1, 0.15) is 0 Å². The minimum absolute atomic E-state index is 0.163. The van der Waals surface area contributed by atoms with Crippen LogP contribution in [-0.2, 0) is 14.3 Å². The summed E-state index contributed by atoms with van der Waals surface area (Å²) in [5.74, 6) is 1.87. The summed E-state index contributed by atoms with van der Waals surface area (Å²) in [6.45, 7) is 3.89. The van der Waals surface area contributed by atoms with Crippen molar-refractivity contribution in [3.63, 3.8) is 0 Å². The van der Waals surface area contributed by atoms with E-state index in [-0.39, 0.29) is 30.3 Å². The number of fused-ring (bicyclic) bond motifs is 2. The molecule has 0 heterocycles. The van der Waals surface area contributed by atoms with Gasteiger partial charge in [-0.1, -0.05) is 22.4 Å². The molecule has 0 saturated heterocycles. The Morgan fingerprint density at radius 2 is 2.15 bits per heavy atom. The zero-order valence-corrected chi connectivity index (χ0v) is 17.7. The summed E-state index contributed by atoms with van der Waals surface area (Å²) in [4.78, 5) is 25.0. The van der Waals surface area contributed by atoms with Crippen LogP contribution in [0.5, 0.6) is 0 Å². The molecule has 2 fully saturated rings. The van der Waals surface area contributed by atoms with E-state index in [9.17, 15) is 9.59 Å². The third kappa shape index (κ3) is 5.03. The fourth-order valence-electron chi connectivity index (χ4n) is 4.41. The van der Waals surface area contributed by atoms with Gasteiger partial charge in [-0.3, -0.25) is 9.59 Å². The zero-order valence-electron chi connectivity index (χ0n) is 15.3. The minimum atomic E-state index is -0.361. The SMILES string of the molecule is Cc1cc(Br)ccc1SCC(=O)OCC(=O)N[C@@H](C)[C@H]1C[C@H]2CC[C@H]1C2. The Hall–Kier alpha value is -1.01. The predicted octanol–water partition coefficient (Wildman–Crippen LogP) is 4.33. The van der Waals surface area contributed by atoms with E-state index in [2.05, 4.69) is 28.2 Å². The highest BCUT2D eigenvalue weighted by atomic mass is 79.9. The van der Waals surface area contributed by atoms with Crippen molar-refractivity contribution in [1.29, 1.82) is 0 Å². The fraction of sp³-hybridized carbons (Fsp3) is 0.600. The zero-order chi connectivity index (χ0) is 18.7. The number of carbonyl (C=O) groups is 2. The largest absolute Gasteiger partial charge is 0.455 e. The Morgan fingerprint density at radius 3 is 2.81 bits per heavy atom. The number of benzene rings is 1. The van der Waals surface area contributed by atoms with Crippen LogP contribution >= 0.6 is 27.7 Å². The van der Waals surface area contributed by atoms with Crippen molar-refractivity contribution in [2.24, 2.45) is 17.8 Å². The van der Waals surface area contributed by atoms with Crippen LogP contribution in [0.1, 0.15) is 38.2 Å². The normalized spacial score (nSPS) is 25.1. The van der Waals surface area contributed by atoms with Crippen molar-refractivity contribution in [3.05, 3.63) is 28.2 Å². The molecule has 26 heavy (non-hydrogen) atoms. The van der Waals surface area contributed by atoms with Crippen LogP contribution < -0.4 is 5.32 Å². The summed E-state index contributed by atoms with van der Waals surface area (Å²) in [6.07, 6.45) is 5.22. The average molecular weight is 440 g/mol. The minimum Gasteiger partial charge on any atom is -0.455 e. The monoisotopic (exact) mass is 439 g/mol. The highest BCUT2D eigenvalue weighted by Gasteiger charge is 2.42. The van der Waals surface area contributed by atoms with Gasteiger partial charge in [0.25, 0.3) is 5.91 Å². The number of amides is 1. The van der Waals surface area contributed by atoms with Crippen LogP contribution in [0, 0.1) is 24.7 Å². The van der Waals surface area contributed by atoms with Gasteiger partial charge in [0, 0.05) is 15.4 Å². The van der Waals surface area contributed by atoms with Crippen molar-refractivity contribution in [2.75, 3.05) is 12.4 Å². The fourth-order valence-corrected chi connectivity index (χ4v) is 5.69. The van der Waals surface area contributed by atoms with Crippen molar-refractivity contribution in [2.45, 2.75) is 50.5 Å². The standard InChI is InChI=1S/C20H26BrNO3S/c1-12-7-16(21)5-6-18(12)26-11-20(24)25-10-19(23)22-13(2)17-9-14-3-4-15(17)8-14/h5-7,13-15,17H,3-4,8-11H2,1-2H3,(H,22,23)/t13-,14-,15-,17+/m0/s1. The van der Waals surface area contributed by atoms with Gasteiger partial charge >= 0.3 is 5.97 Å². The first kappa shape index (κ1) is 19.7. The molecule has 2 aliphatic rings. The van der Waals surface area contributed by atoms with E-state index in [4.69, 9.17) is 4.74 Å². The van der Waals surface area contributed by atoms with E-state index in [0.29, 0.717) is 5.92 Å². The van der Waals surface area contributed by atoms with Gasteiger partial charge in [-0.25, -0.2) is 0 Å². The van der Waals surface area contributed by atoms with Gasteiger partial charge in [-0.15, -0.1) is 11.8 Å². The molecule has 0 aliphatic heterocycles. The molecule has 0 aromatic heterocycles. The number of hydrogen-bond acceptors (Lipinski definition) is 4. The van der Waals surface area contributed by atoms with E-state index in [1.165, 1.54) is 37.4 Å². The lowest BCUT2D eigenvalue weighted by Gasteiger charge is -2.28. The lowest BCUT2D eigenvalue weighted by atomic mass is 9.84. The number of hydrogen-bond donors (Lipinski definition) is 1.